The van der Waals surface area contributed by atoms with Crippen molar-refractivity contribution in [3.05, 3.63) is 53.6 Å². The number of halogens is 6. The Morgan fingerprint density at radius 1 is 1.15 bits per heavy atom. The highest BCUT2D eigenvalue weighted by Crippen LogP contribution is 2.38. The first-order valence-electron chi connectivity index (χ1n) is 9.69. The van der Waals surface area contributed by atoms with Crippen molar-refractivity contribution in [2.45, 2.75) is 25.1 Å². The number of amides is 1. The molecule has 1 atom stereocenters. The fourth-order valence-corrected chi connectivity index (χ4v) is 3.37. The van der Waals surface area contributed by atoms with E-state index in [2.05, 4.69) is 10.3 Å². The molecule has 33 heavy (non-hydrogen) atoms. The summed E-state index contributed by atoms with van der Waals surface area (Å²) in [6, 6.07) is 7.20. The van der Waals surface area contributed by atoms with Gasteiger partial charge in [0, 0.05) is 19.6 Å². The van der Waals surface area contributed by atoms with Crippen LogP contribution in [0.15, 0.2) is 36.4 Å². The number of rotatable bonds is 7. The first kappa shape index (κ1) is 28.6. The van der Waals surface area contributed by atoms with Crippen molar-refractivity contribution in [3.8, 4) is 11.1 Å². The number of nitrogens with zero attached hydrogens (tertiary/aromatic N) is 2. The Kier molecular flexibility index (Phi) is 10.1. The third-order valence-corrected chi connectivity index (χ3v) is 4.96. The van der Waals surface area contributed by atoms with Gasteiger partial charge in [-0.1, -0.05) is 12.1 Å². The molecule has 12 heteroatoms. The summed E-state index contributed by atoms with van der Waals surface area (Å²) in [6.07, 6.45) is -3.37. The minimum absolute atomic E-state index is 0. The number of fused-ring (bicyclic) bond motifs is 1. The van der Waals surface area contributed by atoms with Crippen molar-refractivity contribution in [1.82, 2.24) is 14.9 Å². The normalized spacial score (nSPS) is 12.1. The first-order valence-corrected chi connectivity index (χ1v) is 9.69. The topological polar surface area (TPSA) is 99.0 Å². The molecule has 0 aliphatic carbocycles. The smallest absolute Gasteiger partial charge is 0.348 e. The monoisotopic (exact) mass is 509 g/mol. The molecule has 1 heterocycles. The highest BCUT2D eigenvalue weighted by atomic mass is 35.5. The zero-order valence-electron chi connectivity index (χ0n) is 17.7. The van der Waals surface area contributed by atoms with E-state index in [0.717, 1.165) is 22.8 Å². The van der Waals surface area contributed by atoms with E-state index >= 15 is 0 Å². The maximum atomic E-state index is 13.8. The Balaban J connectivity index is 0.00000272. The number of hydrogen-bond acceptors (Lipinski definition) is 4. The summed E-state index contributed by atoms with van der Waals surface area (Å²) in [4.78, 5) is 16.7. The molecule has 0 saturated carbocycles. The summed E-state index contributed by atoms with van der Waals surface area (Å²) in [7, 11) is 1.35. The van der Waals surface area contributed by atoms with Gasteiger partial charge in [-0.05, 0) is 54.8 Å². The van der Waals surface area contributed by atoms with Crippen LogP contribution in [0.25, 0.3) is 22.2 Å². The van der Waals surface area contributed by atoms with Gasteiger partial charge in [-0.25, -0.2) is 9.37 Å². The summed E-state index contributed by atoms with van der Waals surface area (Å²) in [5.41, 5.74) is 10.8. The second-order valence-corrected chi connectivity index (χ2v) is 7.29. The molecule has 1 amide bonds. The standard InChI is InChI=1S/C21H23F4N5O.2ClH/c1-30-18-16(21(23,24)25)9-13(12-4-6-14(22)7-5-12)10-17(18)29-19(30)20(31)28-11-15(27)3-2-8-26;;/h4-7,9-10,15H,2-3,8,11,26-27H2,1H3,(H,28,31);2*1H. The number of carbonyl (C=O) groups excluding carboxylic acids is 1. The zero-order chi connectivity index (χ0) is 22.8. The third-order valence-electron chi connectivity index (χ3n) is 4.96. The van der Waals surface area contributed by atoms with Crippen LogP contribution in [-0.2, 0) is 13.2 Å². The van der Waals surface area contributed by atoms with Crippen LogP contribution in [0.3, 0.4) is 0 Å². The molecule has 0 aliphatic heterocycles. The number of carbonyl (C=O) groups is 1. The van der Waals surface area contributed by atoms with Gasteiger partial charge in [0.05, 0.1) is 16.6 Å². The molecular formula is C21H25Cl2F4N5O. The van der Waals surface area contributed by atoms with Gasteiger partial charge in [0.15, 0.2) is 5.82 Å². The molecule has 182 valence electrons. The minimum Gasteiger partial charge on any atom is -0.348 e. The zero-order valence-corrected chi connectivity index (χ0v) is 19.3. The quantitative estimate of drug-likeness (QED) is 0.418. The predicted octanol–water partition coefficient (Wildman–Crippen LogP) is 4.04. The summed E-state index contributed by atoms with van der Waals surface area (Å²) in [5.74, 6) is -1.29. The molecule has 0 radical (unpaired) electrons. The fourth-order valence-electron chi connectivity index (χ4n) is 3.37. The Bertz CT molecular complexity index is 1090. The maximum Gasteiger partial charge on any atom is 0.418 e. The lowest BCUT2D eigenvalue weighted by Crippen LogP contribution is -2.38. The van der Waals surface area contributed by atoms with Gasteiger partial charge < -0.3 is 21.4 Å². The molecule has 3 rings (SSSR count). The number of nitrogens with two attached hydrogens (primary N) is 2. The molecule has 3 aromatic rings. The summed E-state index contributed by atoms with van der Waals surface area (Å²) < 4.78 is 55.8. The van der Waals surface area contributed by atoms with Gasteiger partial charge in [-0.3, -0.25) is 4.79 Å². The van der Waals surface area contributed by atoms with E-state index in [4.69, 9.17) is 11.5 Å². The van der Waals surface area contributed by atoms with Crippen LogP contribution in [0.5, 0.6) is 0 Å². The minimum atomic E-state index is -4.68. The Hall–Kier alpha value is -2.40. The van der Waals surface area contributed by atoms with Gasteiger partial charge in [0.1, 0.15) is 5.82 Å². The van der Waals surface area contributed by atoms with E-state index in [1.54, 1.807) is 0 Å². The van der Waals surface area contributed by atoms with E-state index in [9.17, 15) is 22.4 Å². The lowest BCUT2D eigenvalue weighted by atomic mass is 10.0. The van der Waals surface area contributed by atoms with Crippen LogP contribution in [0.4, 0.5) is 17.6 Å². The molecule has 6 nitrogen and oxygen atoms in total. The average Bonchev–Trinajstić information content (AvgIpc) is 3.06. The van der Waals surface area contributed by atoms with Crippen LogP contribution < -0.4 is 16.8 Å². The summed E-state index contributed by atoms with van der Waals surface area (Å²) in [6.45, 7) is 0.623. The number of alkyl halides is 3. The second-order valence-electron chi connectivity index (χ2n) is 7.29. The average molecular weight is 510 g/mol. The molecule has 0 fully saturated rings. The number of aromatic nitrogens is 2. The SMILES string of the molecule is Cl.Cl.Cn1c(C(=O)NCC(N)CCCN)nc2cc(-c3ccc(F)cc3)cc(C(F)(F)F)c21. The molecule has 0 spiro atoms. The van der Waals surface area contributed by atoms with E-state index in [1.807, 2.05) is 0 Å². The molecule has 5 N–H and O–H groups in total. The third kappa shape index (κ3) is 6.57. The number of benzene rings is 2. The molecule has 0 saturated heterocycles. The van der Waals surface area contributed by atoms with Crippen LogP contribution in [0.1, 0.15) is 29.0 Å². The summed E-state index contributed by atoms with van der Waals surface area (Å²) >= 11 is 0. The first-order chi connectivity index (χ1) is 14.6. The van der Waals surface area contributed by atoms with Gasteiger partial charge >= 0.3 is 6.18 Å². The lowest BCUT2D eigenvalue weighted by Gasteiger charge is -2.13. The van der Waals surface area contributed by atoms with E-state index < -0.39 is 23.5 Å². The number of imidazole rings is 1. The van der Waals surface area contributed by atoms with Crippen LogP contribution in [-0.4, -0.2) is 34.6 Å². The molecular weight excluding hydrogens is 485 g/mol. The van der Waals surface area contributed by atoms with Crippen molar-refractivity contribution >= 4 is 41.8 Å². The Morgan fingerprint density at radius 3 is 2.36 bits per heavy atom. The predicted molar refractivity (Wildman–Crippen MR) is 124 cm³/mol. The maximum absolute atomic E-state index is 13.8. The van der Waals surface area contributed by atoms with Crippen LogP contribution >= 0.6 is 24.8 Å². The van der Waals surface area contributed by atoms with Crippen molar-refractivity contribution in [2.24, 2.45) is 18.5 Å². The molecule has 0 bridgehead atoms. The second kappa shape index (κ2) is 11.6. The van der Waals surface area contributed by atoms with Crippen LogP contribution in [0.2, 0.25) is 0 Å². The largest absolute Gasteiger partial charge is 0.418 e. The number of aryl methyl sites for hydroxylation is 1. The van der Waals surface area contributed by atoms with E-state index in [1.165, 1.54) is 25.2 Å². The molecule has 2 aromatic carbocycles. The molecule has 0 aliphatic rings. The molecule has 1 unspecified atom stereocenters. The fraction of sp³-hybridized carbons (Fsp3) is 0.333. The highest BCUT2D eigenvalue weighted by molar-refractivity contribution is 5.96. The van der Waals surface area contributed by atoms with Crippen LogP contribution in [0, 0.1) is 5.82 Å². The van der Waals surface area contributed by atoms with Gasteiger partial charge in [0.2, 0.25) is 0 Å². The van der Waals surface area contributed by atoms with Crippen molar-refractivity contribution in [2.75, 3.05) is 13.1 Å². The van der Waals surface area contributed by atoms with Gasteiger partial charge in [-0.2, -0.15) is 13.2 Å². The van der Waals surface area contributed by atoms with E-state index in [-0.39, 0.29) is 59.8 Å². The Labute approximate surface area is 200 Å². The number of nitrogens with one attached hydrogen (secondary N) is 1. The number of hydrogen-bond donors (Lipinski definition) is 3. The lowest BCUT2D eigenvalue weighted by molar-refractivity contribution is -0.136. The van der Waals surface area contributed by atoms with E-state index in [0.29, 0.717) is 24.9 Å². The summed E-state index contributed by atoms with van der Waals surface area (Å²) in [5, 5.41) is 2.61. The highest BCUT2D eigenvalue weighted by Gasteiger charge is 2.35. The van der Waals surface area contributed by atoms with Crippen molar-refractivity contribution in [3.63, 3.8) is 0 Å². The van der Waals surface area contributed by atoms with Crippen molar-refractivity contribution < 1.29 is 22.4 Å². The van der Waals surface area contributed by atoms with Gasteiger partial charge in [0.25, 0.3) is 5.91 Å². The van der Waals surface area contributed by atoms with Gasteiger partial charge in [-0.15, -0.1) is 24.8 Å². The molecule has 1 aromatic heterocycles. The van der Waals surface area contributed by atoms with Crippen molar-refractivity contribution in [1.29, 1.82) is 0 Å². The Morgan fingerprint density at radius 2 is 1.79 bits per heavy atom.